The summed E-state index contributed by atoms with van der Waals surface area (Å²) in [6, 6.07) is 16.3. The molecule has 3 aliphatic rings. The van der Waals surface area contributed by atoms with Gasteiger partial charge in [0.1, 0.15) is 0 Å². The van der Waals surface area contributed by atoms with Gasteiger partial charge in [-0.15, -0.1) is 0 Å². The summed E-state index contributed by atoms with van der Waals surface area (Å²) in [4.78, 5) is 27.6. The summed E-state index contributed by atoms with van der Waals surface area (Å²) in [6.45, 7) is 4.34. The van der Waals surface area contributed by atoms with Gasteiger partial charge in [-0.05, 0) is 54.4 Å². The van der Waals surface area contributed by atoms with Crippen LogP contribution in [0.2, 0.25) is 0 Å². The van der Waals surface area contributed by atoms with Crippen molar-refractivity contribution in [2.75, 3.05) is 20.2 Å². The summed E-state index contributed by atoms with van der Waals surface area (Å²) < 4.78 is 45.6. The van der Waals surface area contributed by atoms with Crippen LogP contribution in [-0.4, -0.2) is 60.1 Å². The molecule has 0 unspecified atom stereocenters. The van der Waals surface area contributed by atoms with Gasteiger partial charge in [-0.1, -0.05) is 61.0 Å². The Kier molecular flexibility index (Phi) is 7.11. The van der Waals surface area contributed by atoms with E-state index in [-0.39, 0.29) is 29.4 Å². The topological polar surface area (TPSA) is 49.9 Å². The first-order valence-electron chi connectivity index (χ1n) is 13.2. The minimum absolute atomic E-state index is 0.0153. The lowest BCUT2D eigenvalue weighted by Crippen LogP contribution is -2.67. The standard InChI is InChI=1S/C30H33F3N2O3/c1-3-22(13-20-7-5-4-6-8-20)25-14-26(25)35(28(37)30(31,32)33)24-15-29(16-24)18-34(19-29)17-21-9-11-23(12-10-21)27(36)38-2/h4-13,24-26H,3,14-19H2,1-2H3/b22-13+/t25-,26+/m0/s1. The van der Waals surface area contributed by atoms with Gasteiger partial charge in [0, 0.05) is 37.6 Å². The number of methoxy groups -OCH3 is 1. The Hall–Kier alpha value is -3.13. The second-order valence-corrected chi connectivity index (χ2v) is 11.0. The van der Waals surface area contributed by atoms with Crippen molar-refractivity contribution in [3.8, 4) is 0 Å². The largest absolute Gasteiger partial charge is 0.471 e. The van der Waals surface area contributed by atoms with E-state index in [0.29, 0.717) is 31.4 Å². The second-order valence-electron chi connectivity index (χ2n) is 11.0. The molecule has 0 N–H and O–H groups in total. The highest BCUT2D eigenvalue weighted by molar-refractivity contribution is 5.89. The van der Waals surface area contributed by atoms with Crippen molar-refractivity contribution in [3.63, 3.8) is 0 Å². The molecular formula is C30H33F3N2O3. The van der Waals surface area contributed by atoms with Crippen LogP contribution >= 0.6 is 0 Å². The third kappa shape index (κ3) is 5.37. The van der Waals surface area contributed by atoms with E-state index < -0.39 is 12.1 Å². The summed E-state index contributed by atoms with van der Waals surface area (Å²) in [7, 11) is 1.35. The van der Waals surface area contributed by atoms with E-state index in [1.54, 1.807) is 12.1 Å². The number of halogens is 3. The maximum Gasteiger partial charge on any atom is 0.471 e. The predicted molar refractivity (Wildman–Crippen MR) is 138 cm³/mol. The summed E-state index contributed by atoms with van der Waals surface area (Å²) in [5.74, 6) is -2.09. The molecule has 2 aliphatic carbocycles. The Labute approximate surface area is 221 Å². The number of ether oxygens (including phenoxy) is 1. The van der Waals surface area contributed by atoms with Gasteiger partial charge in [-0.3, -0.25) is 9.69 Å². The first kappa shape index (κ1) is 26.5. The molecule has 2 aromatic rings. The molecule has 202 valence electrons. The molecule has 5 rings (SSSR count). The predicted octanol–water partition coefficient (Wildman–Crippen LogP) is 5.71. The number of carbonyl (C=O) groups is 2. The fourth-order valence-electron chi connectivity index (χ4n) is 6.39. The monoisotopic (exact) mass is 526 g/mol. The number of hydrogen-bond donors (Lipinski definition) is 0. The molecule has 2 saturated carbocycles. The van der Waals surface area contributed by atoms with Crippen molar-refractivity contribution in [3.05, 3.63) is 76.9 Å². The highest BCUT2D eigenvalue weighted by atomic mass is 19.4. The smallest absolute Gasteiger partial charge is 0.465 e. The SMILES string of the molecule is CC/C(=C\c1ccccc1)[C@@H]1C[C@H]1N(C(=O)C(F)(F)F)C1CC2(C1)CN(Cc1ccc(C(=O)OC)cc1)C2. The van der Waals surface area contributed by atoms with E-state index >= 15 is 0 Å². The van der Waals surface area contributed by atoms with Crippen LogP contribution in [0.1, 0.15) is 54.1 Å². The zero-order valence-electron chi connectivity index (χ0n) is 21.7. The molecule has 0 bridgehead atoms. The van der Waals surface area contributed by atoms with E-state index in [1.807, 2.05) is 49.4 Å². The Morgan fingerprint density at radius 1 is 1.08 bits per heavy atom. The van der Waals surface area contributed by atoms with Crippen LogP contribution in [0.4, 0.5) is 13.2 Å². The molecule has 0 aromatic heterocycles. The van der Waals surface area contributed by atoms with Crippen molar-refractivity contribution in [2.45, 2.75) is 57.4 Å². The number of esters is 1. The van der Waals surface area contributed by atoms with Gasteiger partial charge >= 0.3 is 18.1 Å². The molecule has 2 aromatic carbocycles. The summed E-state index contributed by atoms with van der Waals surface area (Å²) in [5, 5.41) is 0. The average Bonchev–Trinajstić information content (AvgIpc) is 3.64. The maximum atomic E-state index is 13.6. The third-order valence-corrected chi connectivity index (χ3v) is 8.26. The number of alkyl halides is 3. The normalized spacial score (nSPS) is 22.9. The first-order valence-corrected chi connectivity index (χ1v) is 13.2. The summed E-state index contributed by atoms with van der Waals surface area (Å²) >= 11 is 0. The summed E-state index contributed by atoms with van der Waals surface area (Å²) in [6.07, 6.45) is -0.253. The van der Waals surface area contributed by atoms with Crippen molar-refractivity contribution < 1.29 is 27.5 Å². The molecule has 0 radical (unpaired) electrons. The number of rotatable bonds is 8. The molecule has 3 fully saturated rings. The van der Waals surface area contributed by atoms with Gasteiger partial charge in [0.15, 0.2) is 0 Å². The van der Waals surface area contributed by atoms with Crippen molar-refractivity contribution >= 4 is 18.0 Å². The Bertz CT molecular complexity index is 1200. The highest BCUT2D eigenvalue weighted by Crippen LogP contribution is 2.55. The molecule has 38 heavy (non-hydrogen) atoms. The minimum Gasteiger partial charge on any atom is -0.465 e. The van der Waals surface area contributed by atoms with Gasteiger partial charge in [-0.2, -0.15) is 13.2 Å². The molecule has 1 heterocycles. The van der Waals surface area contributed by atoms with E-state index in [9.17, 15) is 22.8 Å². The number of amides is 1. The number of benzene rings is 2. The summed E-state index contributed by atoms with van der Waals surface area (Å²) in [5.41, 5.74) is 3.67. The highest BCUT2D eigenvalue weighted by Gasteiger charge is 2.61. The molecule has 1 saturated heterocycles. The van der Waals surface area contributed by atoms with E-state index in [4.69, 9.17) is 4.74 Å². The lowest BCUT2D eigenvalue weighted by atomic mass is 9.60. The van der Waals surface area contributed by atoms with Crippen LogP contribution in [0.15, 0.2) is 60.2 Å². The van der Waals surface area contributed by atoms with Crippen molar-refractivity contribution in [2.24, 2.45) is 11.3 Å². The lowest BCUT2D eigenvalue weighted by molar-refractivity contribution is -0.197. The molecule has 5 nitrogen and oxygen atoms in total. The molecule has 1 spiro atoms. The molecule has 1 amide bonds. The van der Waals surface area contributed by atoms with Gasteiger partial charge in [0.25, 0.3) is 0 Å². The third-order valence-electron chi connectivity index (χ3n) is 8.26. The van der Waals surface area contributed by atoms with Crippen LogP contribution in [0.3, 0.4) is 0 Å². The molecule has 8 heteroatoms. The van der Waals surface area contributed by atoms with Crippen LogP contribution < -0.4 is 0 Å². The van der Waals surface area contributed by atoms with Crippen molar-refractivity contribution in [1.82, 2.24) is 9.80 Å². The van der Waals surface area contributed by atoms with Crippen LogP contribution in [0.25, 0.3) is 6.08 Å². The Balaban J connectivity index is 1.20. The maximum absolute atomic E-state index is 13.6. The van der Waals surface area contributed by atoms with Gasteiger partial charge in [0.2, 0.25) is 0 Å². The van der Waals surface area contributed by atoms with Gasteiger partial charge in [-0.25, -0.2) is 4.79 Å². The zero-order chi connectivity index (χ0) is 27.1. The van der Waals surface area contributed by atoms with Crippen molar-refractivity contribution in [1.29, 1.82) is 0 Å². The average molecular weight is 527 g/mol. The lowest BCUT2D eigenvalue weighted by Gasteiger charge is -2.61. The quantitative estimate of drug-likeness (QED) is 0.414. The molecule has 1 aliphatic heterocycles. The van der Waals surface area contributed by atoms with Crippen LogP contribution in [0, 0.1) is 11.3 Å². The van der Waals surface area contributed by atoms with Gasteiger partial charge in [0.05, 0.1) is 12.7 Å². The first-order chi connectivity index (χ1) is 18.1. The Morgan fingerprint density at radius 2 is 1.74 bits per heavy atom. The Morgan fingerprint density at radius 3 is 2.32 bits per heavy atom. The van der Waals surface area contributed by atoms with E-state index in [1.165, 1.54) is 12.0 Å². The van der Waals surface area contributed by atoms with Crippen LogP contribution in [-0.2, 0) is 16.1 Å². The van der Waals surface area contributed by atoms with E-state index in [2.05, 4.69) is 11.0 Å². The molecular weight excluding hydrogens is 493 g/mol. The fraction of sp³-hybridized carbons (Fsp3) is 0.467. The zero-order valence-corrected chi connectivity index (χ0v) is 21.7. The van der Waals surface area contributed by atoms with Gasteiger partial charge < -0.3 is 9.64 Å². The number of hydrogen-bond acceptors (Lipinski definition) is 4. The number of carbonyl (C=O) groups excluding carboxylic acids is 2. The molecule has 2 atom stereocenters. The van der Waals surface area contributed by atoms with E-state index in [0.717, 1.165) is 36.2 Å². The number of nitrogens with zero attached hydrogens (tertiary/aromatic N) is 2. The minimum atomic E-state index is -4.87. The van der Waals surface area contributed by atoms with Crippen LogP contribution in [0.5, 0.6) is 0 Å². The number of likely N-dealkylation sites (tertiary alicyclic amines) is 1. The second kappa shape index (κ2) is 10.2. The fourth-order valence-corrected chi connectivity index (χ4v) is 6.39.